The highest BCUT2D eigenvalue weighted by Gasteiger charge is 2.49. The lowest BCUT2D eigenvalue weighted by molar-refractivity contribution is -0.0500. The highest BCUT2D eigenvalue weighted by atomic mass is 32.2. The van der Waals surface area contributed by atoms with Gasteiger partial charge in [-0.2, -0.15) is 21.6 Å². The standard InChI is InChI=1S/C25H23F5O3S/c1-2-15-3-5-16(6-4-15)17-7-10-20(22(26)14-17)18-8-11-21-19(13-18)9-12-23(24(21)27)33-34(31,32)25(28,29)30/h7-16H,2-6H2,1H3. The molecule has 0 unspecified atom stereocenters. The van der Waals surface area contributed by atoms with Gasteiger partial charge in [0.05, 0.1) is 0 Å². The first-order valence-electron chi connectivity index (χ1n) is 11.0. The van der Waals surface area contributed by atoms with Crippen LogP contribution < -0.4 is 4.18 Å². The van der Waals surface area contributed by atoms with Crippen molar-refractivity contribution in [2.24, 2.45) is 5.92 Å². The van der Waals surface area contributed by atoms with Gasteiger partial charge in [0.15, 0.2) is 11.6 Å². The quantitative estimate of drug-likeness (QED) is 0.206. The molecule has 4 rings (SSSR count). The van der Waals surface area contributed by atoms with Crippen LogP contribution in [0.2, 0.25) is 0 Å². The van der Waals surface area contributed by atoms with E-state index < -0.39 is 33.0 Å². The topological polar surface area (TPSA) is 43.4 Å². The van der Waals surface area contributed by atoms with Gasteiger partial charge in [0.2, 0.25) is 0 Å². The monoisotopic (exact) mass is 498 g/mol. The summed E-state index contributed by atoms with van der Waals surface area (Å²) in [5.41, 5.74) is -3.96. The average Bonchev–Trinajstić information content (AvgIpc) is 2.80. The molecule has 34 heavy (non-hydrogen) atoms. The SMILES string of the molecule is CCC1CCC(c2ccc(-c3ccc4c(F)c(OS(=O)(=O)C(F)(F)F)ccc4c3)c(F)c2)CC1. The number of alkyl halides is 3. The second kappa shape index (κ2) is 9.17. The highest BCUT2D eigenvalue weighted by molar-refractivity contribution is 7.88. The van der Waals surface area contributed by atoms with Gasteiger partial charge in [0, 0.05) is 10.9 Å². The van der Waals surface area contributed by atoms with Crippen LogP contribution in [-0.2, 0) is 10.1 Å². The minimum absolute atomic E-state index is 0.150. The molecule has 3 aromatic rings. The predicted octanol–water partition coefficient (Wildman–Crippen LogP) is 7.70. The van der Waals surface area contributed by atoms with Gasteiger partial charge in [-0.25, -0.2) is 8.78 Å². The van der Waals surface area contributed by atoms with Crippen molar-refractivity contribution in [1.82, 2.24) is 0 Å². The first-order chi connectivity index (χ1) is 16.0. The van der Waals surface area contributed by atoms with Gasteiger partial charge in [0.1, 0.15) is 5.82 Å². The minimum Gasteiger partial charge on any atom is -0.373 e. The fraction of sp³-hybridized carbons (Fsp3) is 0.360. The molecule has 0 aromatic heterocycles. The number of benzene rings is 3. The zero-order chi connectivity index (χ0) is 24.7. The van der Waals surface area contributed by atoms with Crippen LogP contribution in [0.25, 0.3) is 21.9 Å². The van der Waals surface area contributed by atoms with Gasteiger partial charge in [-0.15, -0.1) is 0 Å². The summed E-state index contributed by atoms with van der Waals surface area (Å²) in [6.45, 7) is 2.19. The van der Waals surface area contributed by atoms with Gasteiger partial charge in [-0.3, -0.25) is 0 Å². The van der Waals surface area contributed by atoms with E-state index in [1.54, 1.807) is 6.07 Å². The molecule has 0 saturated heterocycles. The van der Waals surface area contributed by atoms with Crippen LogP contribution in [-0.4, -0.2) is 13.9 Å². The Bertz CT molecular complexity index is 1310. The molecular weight excluding hydrogens is 475 g/mol. The molecule has 182 valence electrons. The third-order valence-electron chi connectivity index (χ3n) is 6.60. The van der Waals surface area contributed by atoms with Crippen LogP contribution in [0.5, 0.6) is 5.75 Å². The minimum atomic E-state index is -6.01. The van der Waals surface area contributed by atoms with Gasteiger partial charge in [-0.1, -0.05) is 43.7 Å². The number of hydrogen-bond acceptors (Lipinski definition) is 3. The van der Waals surface area contributed by atoms with Crippen LogP contribution in [0.4, 0.5) is 22.0 Å². The van der Waals surface area contributed by atoms with Crippen molar-refractivity contribution in [2.75, 3.05) is 0 Å². The van der Waals surface area contributed by atoms with E-state index in [0.29, 0.717) is 17.0 Å². The van der Waals surface area contributed by atoms with Crippen molar-refractivity contribution in [1.29, 1.82) is 0 Å². The van der Waals surface area contributed by atoms with Crippen LogP contribution in [0, 0.1) is 17.6 Å². The Morgan fingerprint density at radius 2 is 1.65 bits per heavy atom. The van der Waals surface area contributed by atoms with Crippen molar-refractivity contribution >= 4 is 20.9 Å². The summed E-state index contributed by atoms with van der Waals surface area (Å²) in [4.78, 5) is 0. The Kier molecular flexibility index (Phi) is 6.59. The number of fused-ring (bicyclic) bond motifs is 1. The Labute approximate surface area is 194 Å². The molecule has 0 bridgehead atoms. The largest absolute Gasteiger partial charge is 0.534 e. The maximum absolute atomic E-state index is 15.0. The molecule has 1 aliphatic carbocycles. The Balaban J connectivity index is 1.61. The lowest BCUT2D eigenvalue weighted by atomic mass is 9.77. The van der Waals surface area contributed by atoms with E-state index in [2.05, 4.69) is 11.1 Å². The molecule has 0 spiro atoms. The van der Waals surface area contributed by atoms with E-state index in [4.69, 9.17) is 0 Å². The van der Waals surface area contributed by atoms with Crippen molar-refractivity contribution in [3.8, 4) is 16.9 Å². The number of rotatable bonds is 5. The molecule has 3 nitrogen and oxygen atoms in total. The van der Waals surface area contributed by atoms with Gasteiger partial charge >= 0.3 is 15.6 Å². The molecule has 0 radical (unpaired) electrons. The smallest absolute Gasteiger partial charge is 0.373 e. The van der Waals surface area contributed by atoms with Crippen LogP contribution in [0.1, 0.15) is 50.5 Å². The van der Waals surface area contributed by atoms with Gasteiger partial charge < -0.3 is 4.18 Å². The third kappa shape index (κ3) is 4.76. The Morgan fingerprint density at radius 3 is 2.26 bits per heavy atom. The fourth-order valence-corrected chi connectivity index (χ4v) is 5.05. The lowest BCUT2D eigenvalue weighted by Crippen LogP contribution is -2.28. The van der Waals surface area contributed by atoms with Crippen LogP contribution in [0.15, 0.2) is 48.5 Å². The Morgan fingerprint density at radius 1 is 0.941 bits per heavy atom. The molecule has 0 atom stereocenters. The Hall–Kier alpha value is -2.68. The van der Waals surface area contributed by atoms with Gasteiger partial charge in [0.25, 0.3) is 0 Å². The van der Waals surface area contributed by atoms with Crippen molar-refractivity contribution < 1.29 is 34.6 Å². The number of halogens is 5. The predicted molar refractivity (Wildman–Crippen MR) is 120 cm³/mol. The first-order valence-corrected chi connectivity index (χ1v) is 12.4. The van der Waals surface area contributed by atoms with E-state index in [9.17, 15) is 26.0 Å². The van der Waals surface area contributed by atoms with E-state index in [1.807, 2.05) is 6.07 Å². The molecule has 0 N–H and O–H groups in total. The molecule has 0 amide bonds. The van der Waals surface area contributed by atoms with E-state index >= 15 is 4.39 Å². The highest BCUT2D eigenvalue weighted by Crippen LogP contribution is 2.39. The molecular formula is C25H23F5O3S. The zero-order valence-corrected chi connectivity index (χ0v) is 19.1. The molecule has 0 aliphatic heterocycles. The van der Waals surface area contributed by atoms with E-state index in [1.165, 1.54) is 30.3 Å². The molecule has 9 heteroatoms. The zero-order valence-electron chi connectivity index (χ0n) is 18.3. The molecule has 1 saturated carbocycles. The maximum atomic E-state index is 15.0. The average molecular weight is 499 g/mol. The second-order valence-corrected chi connectivity index (χ2v) is 10.2. The molecule has 1 fully saturated rings. The summed E-state index contributed by atoms with van der Waals surface area (Å²) in [6.07, 6.45) is 5.49. The van der Waals surface area contributed by atoms with E-state index in [-0.39, 0.29) is 10.8 Å². The summed E-state index contributed by atoms with van der Waals surface area (Å²) in [5, 5.41) is 0.108. The molecule has 1 aliphatic rings. The van der Waals surface area contributed by atoms with Crippen LogP contribution >= 0.6 is 0 Å². The summed E-state index contributed by atoms with van der Waals surface area (Å²) < 4.78 is 93.7. The summed E-state index contributed by atoms with van der Waals surface area (Å²) in [6, 6.07) is 11.3. The van der Waals surface area contributed by atoms with Crippen molar-refractivity contribution in [3.05, 3.63) is 65.7 Å². The second-order valence-electron chi connectivity index (χ2n) is 8.66. The van der Waals surface area contributed by atoms with E-state index in [0.717, 1.165) is 49.7 Å². The summed E-state index contributed by atoms with van der Waals surface area (Å²) in [5.74, 6) is -1.67. The fourth-order valence-electron chi connectivity index (χ4n) is 4.59. The van der Waals surface area contributed by atoms with Crippen molar-refractivity contribution in [2.45, 2.75) is 50.5 Å². The normalized spacial score (nSPS) is 19.4. The summed E-state index contributed by atoms with van der Waals surface area (Å²) >= 11 is 0. The first kappa shape index (κ1) is 24.4. The lowest BCUT2D eigenvalue weighted by Gasteiger charge is -2.28. The molecule has 0 heterocycles. The molecule has 3 aromatic carbocycles. The summed E-state index contributed by atoms with van der Waals surface area (Å²) in [7, 11) is -6.01. The van der Waals surface area contributed by atoms with Crippen LogP contribution in [0.3, 0.4) is 0 Å². The van der Waals surface area contributed by atoms with Crippen molar-refractivity contribution in [3.63, 3.8) is 0 Å². The third-order valence-corrected chi connectivity index (χ3v) is 7.57. The number of hydrogen-bond donors (Lipinski definition) is 0. The van der Waals surface area contributed by atoms with Gasteiger partial charge in [-0.05, 0) is 72.2 Å². The maximum Gasteiger partial charge on any atom is 0.534 e.